The van der Waals surface area contributed by atoms with E-state index >= 15 is 0 Å². The number of thiazole rings is 1. The molecule has 0 unspecified atom stereocenters. The second-order valence-electron chi connectivity index (χ2n) is 9.14. The van der Waals surface area contributed by atoms with Crippen LogP contribution < -0.4 is 11.1 Å². The van der Waals surface area contributed by atoms with E-state index in [-0.39, 0.29) is 6.04 Å². The number of hydrogen-bond acceptors (Lipinski definition) is 7. The summed E-state index contributed by atoms with van der Waals surface area (Å²) in [5, 5.41) is 3.53. The van der Waals surface area contributed by atoms with Gasteiger partial charge in [0.15, 0.2) is 10.8 Å². The van der Waals surface area contributed by atoms with Crippen LogP contribution >= 0.6 is 11.3 Å². The number of likely N-dealkylation sites (tertiary alicyclic amines) is 1. The van der Waals surface area contributed by atoms with Crippen molar-refractivity contribution in [2.45, 2.75) is 32.7 Å². The van der Waals surface area contributed by atoms with Gasteiger partial charge in [0.25, 0.3) is 0 Å². The fourth-order valence-electron chi connectivity index (χ4n) is 4.51. The number of rotatable bonds is 3. The first kappa shape index (κ1) is 23.0. The third-order valence-electron chi connectivity index (χ3n) is 6.46. The maximum Gasteiger partial charge on any atom is 0.313 e. The van der Waals surface area contributed by atoms with E-state index in [4.69, 9.17) is 10.7 Å². The number of carbonyl (C=O) groups is 2. The second kappa shape index (κ2) is 9.10. The maximum atomic E-state index is 13.3. The first-order valence-electron chi connectivity index (χ1n) is 11.5. The number of aryl methyl sites for hydroxylation is 2. The highest BCUT2D eigenvalue weighted by Crippen LogP contribution is 2.36. The molecule has 5 rings (SSSR count). The number of amides is 2. The van der Waals surface area contributed by atoms with E-state index in [0.717, 1.165) is 45.0 Å². The monoisotopic (exact) mass is 489 g/mol. The molecule has 4 aromatic rings. The molecule has 0 aliphatic carbocycles. The quantitative estimate of drug-likeness (QED) is 0.421. The Hall–Kier alpha value is -3.79. The van der Waals surface area contributed by atoms with E-state index < -0.39 is 11.8 Å². The fraction of sp³-hybridized carbons (Fsp3) is 0.320. The van der Waals surface area contributed by atoms with Crippen molar-refractivity contribution in [1.29, 1.82) is 0 Å². The summed E-state index contributed by atoms with van der Waals surface area (Å²) in [6.07, 6.45) is 6.87. The number of nitrogen functional groups attached to an aromatic ring is 1. The summed E-state index contributed by atoms with van der Waals surface area (Å²) >= 11 is 1.59. The third kappa shape index (κ3) is 4.49. The molecule has 35 heavy (non-hydrogen) atoms. The third-order valence-corrected chi connectivity index (χ3v) is 7.49. The first-order chi connectivity index (χ1) is 16.8. The Morgan fingerprint density at radius 3 is 2.77 bits per heavy atom. The van der Waals surface area contributed by atoms with Crippen LogP contribution in [0.2, 0.25) is 0 Å². The summed E-state index contributed by atoms with van der Waals surface area (Å²) in [5.74, 6) is 0.286. The molecule has 1 aromatic carbocycles. The molecule has 0 spiro atoms. The molecule has 180 valence electrons. The van der Waals surface area contributed by atoms with Crippen LogP contribution in [0.5, 0.6) is 0 Å². The van der Waals surface area contributed by atoms with Crippen molar-refractivity contribution in [2.75, 3.05) is 17.6 Å². The first-order valence-corrected chi connectivity index (χ1v) is 12.3. The highest BCUT2D eigenvalue weighted by Gasteiger charge is 2.34. The zero-order chi connectivity index (χ0) is 24.7. The number of hydrogen-bond donors (Lipinski definition) is 2. The Morgan fingerprint density at radius 2 is 2.03 bits per heavy atom. The molecule has 2 atom stereocenters. The van der Waals surface area contributed by atoms with Crippen LogP contribution in [0, 0.1) is 12.8 Å². The van der Waals surface area contributed by atoms with Gasteiger partial charge in [-0.25, -0.2) is 15.0 Å². The molecule has 2 amide bonds. The second-order valence-corrected chi connectivity index (χ2v) is 10.2. The van der Waals surface area contributed by atoms with Crippen LogP contribution in [-0.4, -0.2) is 42.8 Å². The molecule has 0 bridgehead atoms. The number of pyridine rings is 1. The van der Waals surface area contributed by atoms with E-state index in [1.54, 1.807) is 35.4 Å². The number of aromatic nitrogens is 4. The molecule has 3 N–H and O–H groups in total. The highest BCUT2D eigenvalue weighted by molar-refractivity contribution is 7.21. The fourth-order valence-corrected chi connectivity index (χ4v) is 5.50. The lowest BCUT2D eigenvalue weighted by Gasteiger charge is -2.38. The van der Waals surface area contributed by atoms with Crippen molar-refractivity contribution in [3.8, 4) is 10.8 Å². The number of nitrogens with zero attached hydrogens (tertiary/aromatic N) is 5. The van der Waals surface area contributed by atoms with E-state index in [0.29, 0.717) is 24.0 Å². The SMILES string of the molecule is Cc1cc(NC(=O)C(=O)N2C[C@@H](C)CC[C@@H]2c2ccc3sc(-c4nccn4C)nc3c2)cnc1N. The molecule has 3 aromatic heterocycles. The van der Waals surface area contributed by atoms with Crippen LogP contribution in [0.25, 0.3) is 21.0 Å². The lowest BCUT2D eigenvalue weighted by molar-refractivity contribution is -0.146. The minimum absolute atomic E-state index is 0.196. The predicted molar refractivity (Wildman–Crippen MR) is 137 cm³/mol. The molecule has 4 heterocycles. The van der Waals surface area contributed by atoms with Crippen LogP contribution in [0.15, 0.2) is 42.9 Å². The molecule has 1 fully saturated rings. The van der Waals surface area contributed by atoms with E-state index in [1.807, 2.05) is 36.0 Å². The average molecular weight is 490 g/mol. The van der Waals surface area contributed by atoms with Gasteiger partial charge in [-0.3, -0.25) is 9.59 Å². The van der Waals surface area contributed by atoms with E-state index in [9.17, 15) is 9.59 Å². The van der Waals surface area contributed by atoms with Gasteiger partial charge in [0.1, 0.15) is 5.82 Å². The van der Waals surface area contributed by atoms with Gasteiger partial charge in [-0.15, -0.1) is 11.3 Å². The summed E-state index contributed by atoms with van der Waals surface area (Å²) in [6, 6.07) is 7.62. The number of carbonyl (C=O) groups excluding carboxylic acids is 2. The average Bonchev–Trinajstić information content (AvgIpc) is 3.46. The number of piperidine rings is 1. The number of fused-ring (bicyclic) bond motifs is 1. The zero-order valence-electron chi connectivity index (χ0n) is 19.9. The van der Waals surface area contributed by atoms with Crippen molar-refractivity contribution in [1.82, 2.24) is 24.4 Å². The molecular formula is C25H27N7O2S. The molecule has 1 aliphatic heterocycles. The van der Waals surface area contributed by atoms with Gasteiger partial charge in [-0.05, 0) is 55.0 Å². The van der Waals surface area contributed by atoms with Crippen LogP contribution in [0.1, 0.15) is 36.9 Å². The Bertz CT molecular complexity index is 1430. The largest absolute Gasteiger partial charge is 0.383 e. The summed E-state index contributed by atoms with van der Waals surface area (Å²) < 4.78 is 3.00. The standard InChI is InChI=1S/C25H27N7O2S/c1-14-4-6-19(32(13-14)25(34)23(33)29-17-10-15(2)21(26)28-12-17)16-5-7-20-18(11-16)30-24(35-20)22-27-8-9-31(22)3/h5,7-12,14,19H,4,6,13H2,1-3H3,(H2,26,28)(H,29,33)/t14-,19+/m0/s1. The zero-order valence-corrected chi connectivity index (χ0v) is 20.7. The van der Waals surface area contributed by atoms with Gasteiger partial charge in [-0.2, -0.15) is 0 Å². The van der Waals surface area contributed by atoms with Gasteiger partial charge >= 0.3 is 11.8 Å². The Balaban J connectivity index is 1.41. The van der Waals surface area contributed by atoms with Gasteiger partial charge in [0, 0.05) is 26.0 Å². The number of nitrogens with two attached hydrogens (primary N) is 1. The topological polar surface area (TPSA) is 119 Å². The minimum Gasteiger partial charge on any atom is -0.383 e. The van der Waals surface area contributed by atoms with Crippen LogP contribution in [0.3, 0.4) is 0 Å². The number of nitrogens with one attached hydrogen (secondary N) is 1. The molecule has 0 saturated carbocycles. The Morgan fingerprint density at radius 1 is 1.20 bits per heavy atom. The van der Waals surface area contributed by atoms with Crippen molar-refractivity contribution >= 4 is 44.9 Å². The summed E-state index contributed by atoms with van der Waals surface area (Å²) in [7, 11) is 1.94. The van der Waals surface area contributed by atoms with Crippen molar-refractivity contribution in [3.05, 3.63) is 54.0 Å². The van der Waals surface area contributed by atoms with Gasteiger partial charge in [-0.1, -0.05) is 13.0 Å². The van der Waals surface area contributed by atoms with Crippen LogP contribution in [-0.2, 0) is 16.6 Å². The van der Waals surface area contributed by atoms with E-state index in [1.165, 1.54) is 6.20 Å². The molecule has 9 nitrogen and oxygen atoms in total. The van der Waals surface area contributed by atoms with Crippen molar-refractivity contribution in [3.63, 3.8) is 0 Å². The summed E-state index contributed by atoms with van der Waals surface area (Å²) in [5.41, 5.74) is 8.79. The van der Waals surface area contributed by atoms with Crippen LogP contribution in [0.4, 0.5) is 11.5 Å². The molecule has 10 heteroatoms. The van der Waals surface area contributed by atoms with E-state index in [2.05, 4.69) is 22.2 Å². The number of benzene rings is 1. The van der Waals surface area contributed by atoms with Crippen molar-refractivity contribution in [2.24, 2.45) is 13.0 Å². The predicted octanol–water partition coefficient (Wildman–Crippen LogP) is 3.92. The number of anilines is 2. The summed E-state index contributed by atoms with van der Waals surface area (Å²) in [4.78, 5) is 41.1. The maximum absolute atomic E-state index is 13.3. The van der Waals surface area contributed by atoms with Gasteiger partial charge < -0.3 is 20.5 Å². The summed E-state index contributed by atoms with van der Waals surface area (Å²) in [6.45, 7) is 4.42. The molecule has 1 saturated heterocycles. The Labute approximate surface area is 207 Å². The minimum atomic E-state index is -0.679. The smallest absolute Gasteiger partial charge is 0.313 e. The highest BCUT2D eigenvalue weighted by atomic mass is 32.1. The lowest BCUT2D eigenvalue weighted by Crippen LogP contribution is -2.46. The van der Waals surface area contributed by atoms with Crippen molar-refractivity contribution < 1.29 is 9.59 Å². The molecule has 0 radical (unpaired) electrons. The number of imidazole rings is 1. The normalized spacial score (nSPS) is 18.1. The van der Waals surface area contributed by atoms with Gasteiger partial charge in [0.05, 0.1) is 28.1 Å². The lowest BCUT2D eigenvalue weighted by atomic mass is 9.89. The molecule has 1 aliphatic rings. The van der Waals surface area contributed by atoms with Gasteiger partial charge in [0.2, 0.25) is 0 Å². The Kier molecular flexibility index (Phi) is 5.98. The molecular weight excluding hydrogens is 462 g/mol.